The second kappa shape index (κ2) is 5.65. The molecule has 0 saturated carbocycles. The molecule has 0 aliphatic carbocycles. The molecule has 4 nitrogen and oxygen atoms in total. The van der Waals surface area contributed by atoms with E-state index in [-0.39, 0.29) is 0 Å². The maximum absolute atomic E-state index is 5.72. The van der Waals surface area contributed by atoms with E-state index in [1.54, 1.807) is 12.4 Å². The highest BCUT2D eigenvalue weighted by Crippen LogP contribution is 2.17. The zero-order valence-electron chi connectivity index (χ0n) is 10.4. The van der Waals surface area contributed by atoms with Crippen molar-refractivity contribution in [3.05, 3.63) is 18.0 Å². The zero-order chi connectivity index (χ0) is 12.3. The van der Waals surface area contributed by atoms with Gasteiger partial charge in [0, 0.05) is 37.6 Å². The molecule has 1 unspecified atom stereocenters. The first-order valence-corrected chi connectivity index (χ1v) is 6.52. The van der Waals surface area contributed by atoms with Crippen molar-refractivity contribution in [3.8, 4) is 0 Å². The van der Waals surface area contributed by atoms with Crippen LogP contribution in [0, 0.1) is 0 Å². The molecule has 94 valence electrons. The Balaban J connectivity index is 1.96. The van der Waals surface area contributed by atoms with E-state index < -0.39 is 0 Å². The lowest BCUT2D eigenvalue weighted by Crippen LogP contribution is -2.37. The van der Waals surface area contributed by atoms with E-state index in [2.05, 4.69) is 26.8 Å². The minimum Gasteiger partial charge on any atom is -0.342 e. The van der Waals surface area contributed by atoms with Gasteiger partial charge in [-0.3, -0.25) is 0 Å². The molecule has 5 heteroatoms. The second-order valence-electron chi connectivity index (χ2n) is 4.68. The number of rotatable bonds is 4. The molecule has 2 rings (SSSR count). The van der Waals surface area contributed by atoms with Gasteiger partial charge in [-0.05, 0) is 26.4 Å². The average molecular weight is 255 g/mol. The van der Waals surface area contributed by atoms with Gasteiger partial charge in [-0.2, -0.15) is 0 Å². The van der Waals surface area contributed by atoms with Gasteiger partial charge in [0.25, 0.3) is 0 Å². The van der Waals surface area contributed by atoms with Gasteiger partial charge in [0.15, 0.2) is 0 Å². The third kappa shape index (κ3) is 3.07. The molecule has 0 spiro atoms. The molecule has 0 aromatic carbocycles. The van der Waals surface area contributed by atoms with Crippen molar-refractivity contribution in [2.75, 3.05) is 32.1 Å². The number of likely N-dealkylation sites (N-methyl/N-ethyl adjacent to an activating group) is 2. The fraction of sp³-hybridized carbons (Fsp3) is 0.667. The molecular weight excluding hydrogens is 236 g/mol. The van der Waals surface area contributed by atoms with Crippen LogP contribution < -0.4 is 4.90 Å². The fourth-order valence-corrected chi connectivity index (χ4v) is 2.36. The molecule has 1 saturated heterocycles. The Morgan fingerprint density at radius 3 is 2.71 bits per heavy atom. The molecule has 1 fully saturated rings. The Hall–Kier alpha value is -0.870. The largest absolute Gasteiger partial charge is 0.342 e. The highest BCUT2D eigenvalue weighted by molar-refractivity contribution is 6.17. The van der Waals surface area contributed by atoms with Crippen LogP contribution in [0.4, 0.5) is 5.95 Å². The summed E-state index contributed by atoms with van der Waals surface area (Å²) in [7, 11) is 4.23. The van der Waals surface area contributed by atoms with Gasteiger partial charge in [0.05, 0.1) is 5.88 Å². The first-order valence-electron chi connectivity index (χ1n) is 5.99. The number of hydrogen-bond donors (Lipinski definition) is 0. The van der Waals surface area contributed by atoms with Gasteiger partial charge in [-0.1, -0.05) is 0 Å². The van der Waals surface area contributed by atoms with E-state index in [0.29, 0.717) is 11.9 Å². The van der Waals surface area contributed by atoms with E-state index in [1.807, 2.05) is 7.05 Å². The van der Waals surface area contributed by atoms with Crippen molar-refractivity contribution in [2.24, 2.45) is 0 Å². The van der Waals surface area contributed by atoms with Crippen LogP contribution in [0.3, 0.4) is 0 Å². The van der Waals surface area contributed by atoms with Gasteiger partial charge < -0.3 is 9.80 Å². The number of alkyl halides is 1. The molecule has 1 aliphatic rings. The van der Waals surface area contributed by atoms with Crippen LogP contribution in [-0.4, -0.2) is 48.1 Å². The minimum absolute atomic E-state index is 0.468. The van der Waals surface area contributed by atoms with Crippen LogP contribution in [0.5, 0.6) is 0 Å². The molecule has 1 aromatic rings. The first-order chi connectivity index (χ1) is 8.20. The minimum atomic E-state index is 0.468. The monoisotopic (exact) mass is 254 g/mol. The lowest BCUT2D eigenvalue weighted by atomic mass is 10.2. The number of aromatic nitrogens is 2. The number of likely N-dealkylation sites (tertiary alicyclic amines) is 1. The molecule has 2 heterocycles. The Bertz CT molecular complexity index is 354. The van der Waals surface area contributed by atoms with E-state index in [0.717, 1.165) is 18.1 Å². The Morgan fingerprint density at radius 1 is 1.47 bits per heavy atom. The van der Waals surface area contributed by atoms with Crippen molar-refractivity contribution >= 4 is 17.5 Å². The van der Waals surface area contributed by atoms with E-state index >= 15 is 0 Å². The summed E-state index contributed by atoms with van der Waals surface area (Å²) in [6, 6.07) is 0.622. The van der Waals surface area contributed by atoms with Crippen LogP contribution in [0.25, 0.3) is 0 Å². The summed E-state index contributed by atoms with van der Waals surface area (Å²) in [6.45, 7) is 2.18. The predicted octanol–water partition coefficient (Wildman–Crippen LogP) is 1.75. The van der Waals surface area contributed by atoms with E-state index in [4.69, 9.17) is 11.6 Å². The number of halogens is 1. The van der Waals surface area contributed by atoms with Crippen molar-refractivity contribution < 1.29 is 0 Å². The highest BCUT2D eigenvalue weighted by Gasteiger charge is 2.22. The molecular formula is C12H19ClN4. The molecule has 1 aromatic heterocycles. The highest BCUT2D eigenvalue weighted by atomic mass is 35.5. The van der Waals surface area contributed by atoms with Gasteiger partial charge in [-0.25, -0.2) is 9.97 Å². The van der Waals surface area contributed by atoms with Crippen LogP contribution in [0.15, 0.2) is 12.4 Å². The standard InChI is InChI=1S/C12H19ClN4/c1-16-5-3-4-11(16)9-17(2)12-14-7-10(6-13)8-15-12/h7-8,11H,3-6,9H2,1-2H3. The maximum atomic E-state index is 5.72. The van der Waals surface area contributed by atoms with Crippen molar-refractivity contribution in [1.29, 1.82) is 0 Å². The van der Waals surface area contributed by atoms with Gasteiger partial charge >= 0.3 is 0 Å². The van der Waals surface area contributed by atoms with E-state index in [9.17, 15) is 0 Å². The Morgan fingerprint density at radius 2 is 2.18 bits per heavy atom. The molecule has 0 amide bonds. The zero-order valence-corrected chi connectivity index (χ0v) is 11.2. The molecule has 0 N–H and O–H groups in total. The smallest absolute Gasteiger partial charge is 0.225 e. The SMILES string of the molecule is CN(CC1CCCN1C)c1ncc(CCl)cn1. The van der Waals surface area contributed by atoms with Gasteiger partial charge in [0.1, 0.15) is 0 Å². The average Bonchev–Trinajstić information content (AvgIpc) is 2.75. The predicted molar refractivity (Wildman–Crippen MR) is 70.5 cm³/mol. The topological polar surface area (TPSA) is 32.3 Å². The third-order valence-corrected chi connectivity index (χ3v) is 3.65. The molecule has 0 radical (unpaired) electrons. The summed E-state index contributed by atoms with van der Waals surface area (Å²) in [5.41, 5.74) is 0.960. The number of nitrogens with zero attached hydrogens (tertiary/aromatic N) is 4. The van der Waals surface area contributed by atoms with Crippen LogP contribution in [-0.2, 0) is 5.88 Å². The first kappa shape index (κ1) is 12.6. The summed E-state index contributed by atoms with van der Waals surface area (Å²) in [4.78, 5) is 13.2. The lowest BCUT2D eigenvalue weighted by Gasteiger charge is -2.25. The van der Waals surface area contributed by atoms with Crippen molar-refractivity contribution in [1.82, 2.24) is 14.9 Å². The summed E-state index contributed by atoms with van der Waals surface area (Å²) in [5.74, 6) is 1.24. The fourth-order valence-electron chi connectivity index (χ4n) is 2.22. The third-order valence-electron chi connectivity index (χ3n) is 3.34. The summed E-state index contributed by atoms with van der Waals surface area (Å²) < 4.78 is 0. The van der Waals surface area contributed by atoms with Crippen LogP contribution >= 0.6 is 11.6 Å². The number of hydrogen-bond acceptors (Lipinski definition) is 4. The number of anilines is 1. The Labute approximate surface area is 108 Å². The molecule has 0 bridgehead atoms. The van der Waals surface area contributed by atoms with Crippen LogP contribution in [0.2, 0.25) is 0 Å². The summed E-state index contributed by atoms with van der Waals surface area (Å²) in [5, 5.41) is 0. The lowest BCUT2D eigenvalue weighted by molar-refractivity contribution is 0.313. The molecule has 1 aliphatic heterocycles. The summed E-state index contributed by atoms with van der Waals surface area (Å²) in [6.07, 6.45) is 6.15. The summed E-state index contributed by atoms with van der Waals surface area (Å²) >= 11 is 5.72. The van der Waals surface area contributed by atoms with Gasteiger partial charge in [-0.15, -0.1) is 11.6 Å². The second-order valence-corrected chi connectivity index (χ2v) is 4.95. The van der Waals surface area contributed by atoms with Crippen molar-refractivity contribution in [3.63, 3.8) is 0 Å². The maximum Gasteiger partial charge on any atom is 0.225 e. The van der Waals surface area contributed by atoms with Gasteiger partial charge in [0.2, 0.25) is 5.95 Å². The molecule has 17 heavy (non-hydrogen) atoms. The quantitative estimate of drug-likeness (QED) is 0.767. The molecule has 1 atom stereocenters. The normalized spacial score (nSPS) is 20.8. The van der Waals surface area contributed by atoms with E-state index in [1.165, 1.54) is 19.4 Å². The van der Waals surface area contributed by atoms with Crippen molar-refractivity contribution in [2.45, 2.75) is 24.8 Å². The Kier molecular flexibility index (Phi) is 4.18. The van der Waals surface area contributed by atoms with Crippen LogP contribution in [0.1, 0.15) is 18.4 Å².